The number of rotatable bonds is 4. The molecule has 15 heavy (non-hydrogen) atoms. The Bertz CT molecular complexity index is 352. The van der Waals surface area contributed by atoms with E-state index in [2.05, 4.69) is 9.47 Å². The van der Waals surface area contributed by atoms with Crippen LogP contribution in [0.4, 0.5) is 0 Å². The Labute approximate surface area is 87.0 Å². The molecular formula is C10H12O5. The second-order valence-corrected chi connectivity index (χ2v) is 2.87. The second-order valence-electron chi connectivity index (χ2n) is 2.87. The van der Waals surface area contributed by atoms with Gasteiger partial charge in [-0.15, -0.1) is 0 Å². The fourth-order valence-electron chi connectivity index (χ4n) is 1.06. The molecule has 0 aliphatic rings. The molecule has 0 atom stereocenters. The van der Waals surface area contributed by atoms with E-state index in [9.17, 15) is 9.59 Å². The first-order valence-electron chi connectivity index (χ1n) is 4.40. The fourth-order valence-corrected chi connectivity index (χ4v) is 1.06. The summed E-state index contributed by atoms with van der Waals surface area (Å²) in [6, 6.07) is 1.55. The van der Waals surface area contributed by atoms with Crippen molar-refractivity contribution in [3.8, 4) is 0 Å². The summed E-state index contributed by atoms with van der Waals surface area (Å²) in [4.78, 5) is 21.9. The predicted octanol–water partition coefficient (Wildman–Crippen LogP) is 1.17. The van der Waals surface area contributed by atoms with Crippen LogP contribution in [0.2, 0.25) is 0 Å². The minimum Gasteiger partial charge on any atom is -0.469 e. The van der Waals surface area contributed by atoms with Crippen LogP contribution < -0.4 is 0 Å². The van der Waals surface area contributed by atoms with E-state index >= 15 is 0 Å². The Morgan fingerprint density at radius 2 is 2.07 bits per heavy atom. The molecule has 0 saturated heterocycles. The summed E-state index contributed by atoms with van der Waals surface area (Å²) in [5.74, 6) is -0.213. The van der Waals surface area contributed by atoms with Gasteiger partial charge in [-0.3, -0.25) is 4.79 Å². The van der Waals surface area contributed by atoms with E-state index in [1.54, 1.807) is 6.07 Å². The van der Waals surface area contributed by atoms with Gasteiger partial charge < -0.3 is 13.9 Å². The number of carbonyl (C=O) groups is 2. The zero-order chi connectivity index (χ0) is 11.3. The fraction of sp³-hybridized carbons (Fsp3) is 0.400. The lowest BCUT2D eigenvalue weighted by Gasteiger charge is -1.95. The third kappa shape index (κ3) is 3.12. The second kappa shape index (κ2) is 5.19. The lowest BCUT2D eigenvalue weighted by atomic mass is 10.2. The number of hydrogen-bond acceptors (Lipinski definition) is 5. The van der Waals surface area contributed by atoms with Gasteiger partial charge in [0.2, 0.25) is 0 Å². The Balaban J connectivity index is 2.53. The van der Waals surface area contributed by atoms with Crippen molar-refractivity contribution in [2.45, 2.75) is 12.8 Å². The van der Waals surface area contributed by atoms with Crippen LogP contribution in [0.3, 0.4) is 0 Å². The molecule has 0 N–H and O–H groups in total. The highest BCUT2D eigenvalue weighted by atomic mass is 16.5. The van der Waals surface area contributed by atoms with Gasteiger partial charge in [-0.25, -0.2) is 4.79 Å². The Morgan fingerprint density at radius 1 is 1.33 bits per heavy atom. The normalized spacial score (nSPS) is 9.73. The Kier molecular flexibility index (Phi) is 3.91. The van der Waals surface area contributed by atoms with Crippen LogP contribution in [0.1, 0.15) is 22.5 Å². The average molecular weight is 212 g/mol. The van der Waals surface area contributed by atoms with Crippen LogP contribution in [0.15, 0.2) is 16.7 Å². The molecule has 0 fully saturated rings. The summed E-state index contributed by atoms with van der Waals surface area (Å²) in [7, 11) is 2.62. The van der Waals surface area contributed by atoms with Gasteiger partial charge in [0.05, 0.1) is 26.2 Å². The van der Waals surface area contributed by atoms with Gasteiger partial charge in [-0.05, 0) is 6.07 Å². The standard InChI is InChI=1S/C10H12O5/c1-13-9(11)4-3-8-5-7(6-15-8)10(12)14-2/h5-6H,3-4H2,1-2H3. The summed E-state index contributed by atoms with van der Waals surface area (Å²) in [6.45, 7) is 0. The minimum absolute atomic E-state index is 0.227. The first kappa shape index (κ1) is 11.3. The van der Waals surface area contributed by atoms with E-state index in [1.165, 1.54) is 20.5 Å². The summed E-state index contributed by atoms with van der Waals surface area (Å²) in [5, 5.41) is 0. The molecule has 0 amide bonds. The Morgan fingerprint density at radius 3 is 2.67 bits per heavy atom. The number of methoxy groups -OCH3 is 2. The molecule has 5 heteroatoms. The van der Waals surface area contributed by atoms with E-state index in [4.69, 9.17) is 4.42 Å². The molecule has 0 aromatic carbocycles. The molecule has 1 rings (SSSR count). The van der Waals surface area contributed by atoms with Crippen molar-refractivity contribution in [1.29, 1.82) is 0 Å². The number of carbonyl (C=O) groups excluding carboxylic acids is 2. The van der Waals surface area contributed by atoms with Crippen LogP contribution in [0.25, 0.3) is 0 Å². The van der Waals surface area contributed by atoms with Gasteiger partial charge in [0, 0.05) is 6.42 Å². The molecule has 1 aromatic rings. The molecule has 0 saturated carbocycles. The lowest BCUT2D eigenvalue weighted by Crippen LogP contribution is -2.01. The lowest BCUT2D eigenvalue weighted by molar-refractivity contribution is -0.140. The average Bonchev–Trinajstić information content (AvgIpc) is 2.73. The van der Waals surface area contributed by atoms with Crippen molar-refractivity contribution in [2.24, 2.45) is 0 Å². The van der Waals surface area contributed by atoms with Crippen LogP contribution in [0, 0.1) is 0 Å². The largest absolute Gasteiger partial charge is 0.469 e. The highest BCUT2D eigenvalue weighted by Crippen LogP contribution is 2.11. The molecule has 1 heterocycles. The third-order valence-corrected chi connectivity index (χ3v) is 1.88. The zero-order valence-corrected chi connectivity index (χ0v) is 8.61. The molecule has 0 radical (unpaired) electrons. The quantitative estimate of drug-likeness (QED) is 0.701. The number of ether oxygens (including phenoxy) is 2. The van der Waals surface area contributed by atoms with Crippen LogP contribution >= 0.6 is 0 Å². The number of aryl methyl sites for hydroxylation is 1. The molecule has 0 spiro atoms. The topological polar surface area (TPSA) is 65.7 Å². The van der Waals surface area contributed by atoms with E-state index in [1.807, 2.05) is 0 Å². The van der Waals surface area contributed by atoms with Gasteiger partial charge in [0.1, 0.15) is 12.0 Å². The van der Waals surface area contributed by atoms with Crippen molar-refractivity contribution in [1.82, 2.24) is 0 Å². The van der Waals surface area contributed by atoms with Crippen LogP contribution in [-0.2, 0) is 20.7 Å². The van der Waals surface area contributed by atoms with E-state index < -0.39 is 5.97 Å². The predicted molar refractivity (Wildman–Crippen MR) is 50.4 cm³/mol. The molecule has 1 aromatic heterocycles. The van der Waals surface area contributed by atoms with Crippen LogP contribution in [-0.4, -0.2) is 26.2 Å². The van der Waals surface area contributed by atoms with Gasteiger partial charge in [0.15, 0.2) is 0 Å². The first-order valence-corrected chi connectivity index (χ1v) is 4.40. The maximum atomic E-state index is 11.0. The smallest absolute Gasteiger partial charge is 0.341 e. The maximum Gasteiger partial charge on any atom is 0.341 e. The highest BCUT2D eigenvalue weighted by molar-refractivity contribution is 5.89. The molecule has 0 unspecified atom stereocenters. The summed E-state index contributed by atoms with van der Waals surface area (Å²) in [6.07, 6.45) is 1.94. The molecule has 0 aliphatic heterocycles. The minimum atomic E-state index is -0.455. The van der Waals surface area contributed by atoms with Crippen molar-refractivity contribution in [3.05, 3.63) is 23.7 Å². The van der Waals surface area contributed by atoms with E-state index in [0.717, 1.165) is 0 Å². The Hall–Kier alpha value is -1.78. The zero-order valence-electron chi connectivity index (χ0n) is 8.61. The van der Waals surface area contributed by atoms with Gasteiger partial charge in [-0.2, -0.15) is 0 Å². The van der Waals surface area contributed by atoms with Gasteiger partial charge in [0.25, 0.3) is 0 Å². The van der Waals surface area contributed by atoms with Crippen molar-refractivity contribution >= 4 is 11.9 Å². The molecule has 0 aliphatic carbocycles. The maximum absolute atomic E-state index is 11.0. The van der Waals surface area contributed by atoms with Crippen molar-refractivity contribution < 1.29 is 23.5 Å². The first-order chi connectivity index (χ1) is 7.17. The molecular weight excluding hydrogens is 200 g/mol. The summed E-state index contributed by atoms with van der Waals surface area (Å²) in [5.41, 5.74) is 0.345. The summed E-state index contributed by atoms with van der Waals surface area (Å²) < 4.78 is 14.1. The highest BCUT2D eigenvalue weighted by Gasteiger charge is 2.11. The van der Waals surface area contributed by atoms with Crippen LogP contribution in [0.5, 0.6) is 0 Å². The molecule has 5 nitrogen and oxygen atoms in total. The SMILES string of the molecule is COC(=O)CCc1cc(C(=O)OC)co1. The number of esters is 2. The van der Waals surface area contributed by atoms with Gasteiger partial charge in [-0.1, -0.05) is 0 Å². The van der Waals surface area contributed by atoms with Crippen molar-refractivity contribution in [3.63, 3.8) is 0 Å². The molecule has 0 bridgehead atoms. The summed E-state index contributed by atoms with van der Waals surface area (Å²) >= 11 is 0. The van der Waals surface area contributed by atoms with E-state index in [-0.39, 0.29) is 12.4 Å². The number of furan rings is 1. The van der Waals surface area contributed by atoms with Gasteiger partial charge >= 0.3 is 11.9 Å². The molecule has 82 valence electrons. The third-order valence-electron chi connectivity index (χ3n) is 1.88. The van der Waals surface area contributed by atoms with E-state index in [0.29, 0.717) is 17.7 Å². The van der Waals surface area contributed by atoms with Crippen molar-refractivity contribution in [2.75, 3.05) is 14.2 Å². The number of hydrogen-bond donors (Lipinski definition) is 0. The monoisotopic (exact) mass is 212 g/mol.